The van der Waals surface area contributed by atoms with Crippen molar-refractivity contribution >= 4 is 174 Å². The van der Waals surface area contributed by atoms with Gasteiger partial charge in [0.15, 0.2) is 0 Å². The molecule has 0 unspecified atom stereocenters. The molecule has 5 heterocycles. The first-order valence-electron chi connectivity index (χ1n) is 32.0. The fourth-order valence-corrected chi connectivity index (χ4v) is 26.9. The molecule has 93 heavy (non-hydrogen) atoms. The first-order chi connectivity index (χ1) is 46.1. The molecule has 0 saturated carbocycles. The number of benzene rings is 14. The summed E-state index contributed by atoms with van der Waals surface area (Å²) in [6.07, 6.45) is 0. The molecule has 9 heteroatoms. The molecular formula is C84H58B2ClGeN5. The number of para-hydroxylation sites is 10. The van der Waals surface area contributed by atoms with Gasteiger partial charge < -0.3 is 9.80 Å². The first-order valence-corrected chi connectivity index (χ1v) is 36.6. The number of hydrogen-bond acceptors (Lipinski definition) is 5. The maximum absolute atomic E-state index is 6.84. The first kappa shape index (κ1) is 54.9. The van der Waals surface area contributed by atoms with Crippen molar-refractivity contribution in [1.29, 1.82) is 0 Å². The summed E-state index contributed by atoms with van der Waals surface area (Å²) in [5, 5.41) is 0.730. The summed E-state index contributed by atoms with van der Waals surface area (Å²) in [6.45, 7) is 0.190. The van der Waals surface area contributed by atoms with Crippen LogP contribution in [-0.4, -0.2) is 26.7 Å². The summed E-state index contributed by atoms with van der Waals surface area (Å²) in [5.41, 5.74) is 25.5. The molecule has 5 nitrogen and oxygen atoms in total. The molecule has 0 aromatic heterocycles. The third kappa shape index (κ3) is 8.57. The van der Waals surface area contributed by atoms with E-state index in [1.54, 1.807) is 0 Å². The van der Waals surface area contributed by atoms with Gasteiger partial charge in [-0.1, -0.05) is 84.4 Å². The zero-order chi connectivity index (χ0) is 61.6. The van der Waals surface area contributed by atoms with E-state index >= 15 is 0 Å². The second-order valence-corrected chi connectivity index (χ2v) is 32.7. The predicted octanol–water partition coefficient (Wildman–Crippen LogP) is 15.4. The molecule has 0 N–H and O–H groups in total. The van der Waals surface area contributed by atoms with Gasteiger partial charge in [-0.05, 0) is 64.9 Å². The van der Waals surface area contributed by atoms with Crippen LogP contribution in [0, 0.1) is 0 Å². The Balaban J connectivity index is 0.000000158. The van der Waals surface area contributed by atoms with Gasteiger partial charge in [0.1, 0.15) is 0 Å². The van der Waals surface area contributed by atoms with Crippen LogP contribution in [0.1, 0.15) is 0 Å². The standard InChI is InChI=1S/C54H38BGeN3.C30H20BClN2/c1-5-21-39(22-6-1)56(40-23-7-2-8-24-40)46-31-15-19-35-50(46)59(51-36-20-16-32-47(51)56)43-37-52-54-53(38-43)58(42-27-11-4-12-28-42)49-34-18-14-30-45(49)55(54)44-29-13-17-33-48(44)57(52)41-25-9-3-10-26-41;32-21-19-28-30-29(20-21)34(23-13-5-2-6-14-23)27-18-10-8-16-25(27)31(30)24-15-7-9-17-26(24)33(28)22-11-3-1-4-12-22/h1-38H;1-20H. The zero-order valence-corrected chi connectivity index (χ0v) is 53.6. The molecule has 0 spiro atoms. The molecule has 19 rings (SSSR count). The van der Waals surface area contributed by atoms with Crippen LogP contribution in [0.3, 0.4) is 0 Å². The van der Waals surface area contributed by atoms with Crippen molar-refractivity contribution in [1.82, 2.24) is 0 Å². The van der Waals surface area contributed by atoms with Crippen LogP contribution in [0.5, 0.6) is 0 Å². The van der Waals surface area contributed by atoms with Crippen LogP contribution in [0.25, 0.3) is 0 Å². The minimum atomic E-state index is -3.57. The Labute approximate surface area is 551 Å². The van der Waals surface area contributed by atoms with Gasteiger partial charge in [-0.3, -0.25) is 0 Å². The third-order valence-electron chi connectivity index (χ3n) is 19.5. The van der Waals surface area contributed by atoms with Gasteiger partial charge in [-0.25, -0.2) is 0 Å². The van der Waals surface area contributed by atoms with Gasteiger partial charge >= 0.3 is 350 Å². The molecule has 436 valence electrons. The summed E-state index contributed by atoms with van der Waals surface area (Å²) >= 11 is 3.26. The molecule has 5 aliphatic rings. The number of halogens is 1. The van der Waals surface area contributed by atoms with Gasteiger partial charge in [0, 0.05) is 39.1 Å². The van der Waals surface area contributed by atoms with Crippen molar-refractivity contribution in [2.24, 2.45) is 0 Å². The average Bonchev–Trinajstić information content (AvgIpc) is 0.704. The number of nitrogens with zero attached hydrogens (tertiary/aromatic N) is 5. The van der Waals surface area contributed by atoms with E-state index in [0.29, 0.717) is 0 Å². The van der Waals surface area contributed by atoms with Crippen molar-refractivity contribution in [3.63, 3.8) is 0 Å². The second kappa shape index (κ2) is 22.5. The number of rotatable bonds is 7. The van der Waals surface area contributed by atoms with E-state index in [1.165, 1.54) is 95.9 Å². The fourth-order valence-electron chi connectivity index (χ4n) is 16.0. The number of anilines is 15. The van der Waals surface area contributed by atoms with E-state index in [2.05, 4.69) is 376 Å². The van der Waals surface area contributed by atoms with E-state index in [0.717, 1.165) is 44.8 Å². The van der Waals surface area contributed by atoms with Crippen LogP contribution >= 0.6 is 11.6 Å². The Morgan fingerprint density at radius 1 is 0.215 bits per heavy atom. The summed E-state index contributed by atoms with van der Waals surface area (Å²) in [4.78, 5) is 12.3. The summed E-state index contributed by atoms with van der Waals surface area (Å²) in [7, 11) is 0. The topological polar surface area (TPSA) is 16.2 Å². The molecular weight excluding hydrogens is 1210 g/mol. The van der Waals surface area contributed by atoms with Gasteiger partial charge in [0.05, 0.1) is 0 Å². The van der Waals surface area contributed by atoms with Crippen molar-refractivity contribution in [3.8, 4) is 0 Å². The van der Waals surface area contributed by atoms with Gasteiger partial charge in [0.2, 0.25) is 0 Å². The Morgan fingerprint density at radius 3 is 0.763 bits per heavy atom. The monoisotopic (exact) mass is 1270 g/mol. The maximum atomic E-state index is 6.84. The van der Waals surface area contributed by atoms with Gasteiger partial charge in [-0.2, -0.15) is 0 Å². The van der Waals surface area contributed by atoms with Crippen LogP contribution in [-0.2, 0) is 0 Å². The minimum absolute atomic E-state index is 0.0566. The van der Waals surface area contributed by atoms with E-state index in [1.807, 2.05) is 0 Å². The van der Waals surface area contributed by atoms with E-state index in [4.69, 9.17) is 11.6 Å². The molecule has 0 atom stereocenters. The van der Waals surface area contributed by atoms with Crippen molar-refractivity contribution < 1.29 is 0 Å². The van der Waals surface area contributed by atoms with Crippen molar-refractivity contribution in [2.75, 3.05) is 24.5 Å². The zero-order valence-electron chi connectivity index (χ0n) is 50.8. The molecule has 0 aliphatic carbocycles. The fraction of sp³-hybridized carbons (Fsp3) is 0. The molecule has 5 aliphatic heterocycles. The number of fused-ring (bicyclic) bond motifs is 10. The normalized spacial score (nSPS) is 13.8. The van der Waals surface area contributed by atoms with Crippen molar-refractivity contribution in [2.45, 2.75) is 0 Å². The Kier molecular flexibility index (Phi) is 13.3. The van der Waals surface area contributed by atoms with Crippen LogP contribution in [0.2, 0.25) is 5.02 Å². The Hall–Kier alpha value is -11.0. The molecule has 0 fully saturated rings. The molecule has 14 aromatic carbocycles. The van der Waals surface area contributed by atoms with E-state index < -0.39 is 13.3 Å². The molecule has 14 aromatic rings. The molecule has 0 amide bonds. The van der Waals surface area contributed by atoms with E-state index in [-0.39, 0.29) is 13.4 Å². The van der Waals surface area contributed by atoms with Crippen LogP contribution in [0.15, 0.2) is 352 Å². The SMILES string of the molecule is Clc1cc2c3c(c1)N(c1ccccc1)c1ccccc1B3c1ccccc1N2c1ccccc1.c1ccc(N2c3ccccc3B3c4ccccc4N(c4ccccc4)c4cc(N5c6cccc[c]6[Ge]([c]6ccccc6)([c]6ccccc6)[c]6ccccc65)cc2c43)cc1. The summed E-state index contributed by atoms with van der Waals surface area (Å²) < 4.78 is 5.73. The van der Waals surface area contributed by atoms with Crippen LogP contribution in [0.4, 0.5) is 85.3 Å². The van der Waals surface area contributed by atoms with Gasteiger partial charge in [0.25, 0.3) is 6.71 Å². The Morgan fingerprint density at radius 2 is 0.452 bits per heavy atom. The molecule has 0 radical (unpaired) electrons. The van der Waals surface area contributed by atoms with Crippen molar-refractivity contribution in [3.05, 3.63) is 357 Å². The van der Waals surface area contributed by atoms with E-state index in [9.17, 15) is 0 Å². The van der Waals surface area contributed by atoms with Gasteiger partial charge in [-0.15, -0.1) is 0 Å². The predicted molar refractivity (Wildman–Crippen MR) is 398 cm³/mol. The van der Waals surface area contributed by atoms with Crippen LogP contribution < -0.4 is 74.9 Å². The molecule has 0 bridgehead atoms. The summed E-state index contributed by atoms with van der Waals surface area (Å²) in [5.74, 6) is 0. The number of hydrogen-bond donors (Lipinski definition) is 0. The second-order valence-electron chi connectivity index (χ2n) is 24.4. The average molecular weight is 1270 g/mol. The third-order valence-corrected chi connectivity index (χ3v) is 30.0. The summed E-state index contributed by atoms with van der Waals surface area (Å²) in [6, 6.07) is 129. The quantitative estimate of drug-likeness (QED) is 0.147. The Bertz CT molecular complexity index is 4870. The molecule has 0 saturated heterocycles.